The van der Waals surface area contributed by atoms with Crippen molar-refractivity contribution < 1.29 is 0 Å². The number of rotatable bonds is 2. The van der Waals surface area contributed by atoms with E-state index in [1.165, 1.54) is 18.6 Å². The van der Waals surface area contributed by atoms with Gasteiger partial charge in [-0.3, -0.25) is 0 Å². The molecule has 0 spiro atoms. The van der Waals surface area contributed by atoms with Gasteiger partial charge in [0.15, 0.2) is 0 Å². The molecule has 2 nitrogen and oxygen atoms in total. The second-order valence-corrected chi connectivity index (χ2v) is 4.04. The molecule has 1 heterocycles. The Hall–Kier alpha value is -1.05. The van der Waals surface area contributed by atoms with Crippen molar-refractivity contribution in [1.29, 1.82) is 0 Å². The first-order valence-corrected chi connectivity index (χ1v) is 4.98. The zero-order chi connectivity index (χ0) is 9.26. The van der Waals surface area contributed by atoms with Gasteiger partial charge in [0.1, 0.15) is 0 Å². The maximum absolute atomic E-state index is 4.56. The smallest absolute Gasteiger partial charge is 0.0422 e. The van der Waals surface area contributed by atoms with Gasteiger partial charge in [0.25, 0.3) is 0 Å². The first-order valence-electron chi connectivity index (χ1n) is 4.98. The highest BCUT2D eigenvalue weighted by Gasteiger charge is 2.28. The van der Waals surface area contributed by atoms with Gasteiger partial charge in [-0.05, 0) is 30.9 Å². The molecule has 70 valence electrons. The van der Waals surface area contributed by atoms with Crippen molar-refractivity contribution in [1.82, 2.24) is 4.68 Å². The van der Waals surface area contributed by atoms with Crippen LogP contribution in [0.4, 0.5) is 0 Å². The van der Waals surface area contributed by atoms with Gasteiger partial charge in [-0.1, -0.05) is 13.8 Å². The molecule has 1 atom stereocenters. The molecule has 0 aromatic carbocycles. The number of aromatic nitrogens is 1. The van der Waals surface area contributed by atoms with E-state index in [4.69, 9.17) is 0 Å². The summed E-state index contributed by atoms with van der Waals surface area (Å²) in [6, 6.07) is 4.01. The Morgan fingerprint density at radius 2 is 2.08 bits per heavy atom. The molecule has 1 aromatic heterocycles. The fraction of sp³-hybridized carbons (Fsp3) is 0.545. The second-order valence-electron chi connectivity index (χ2n) is 4.04. The van der Waals surface area contributed by atoms with Crippen LogP contribution in [0.5, 0.6) is 0 Å². The summed E-state index contributed by atoms with van der Waals surface area (Å²) < 4.78 is 1.91. The summed E-state index contributed by atoms with van der Waals surface area (Å²) in [5.41, 5.74) is 1.37. The third-order valence-electron chi connectivity index (χ3n) is 2.78. The Bertz CT molecular complexity index is 296. The molecular weight excluding hydrogens is 160 g/mol. The first kappa shape index (κ1) is 8.54. The lowest BCUT2D eigenvalue weighted by Crippen LogP contribution is -2.31. The Morgan fingerprint density at radius 3 is 2.54 bits per heavy atom. The standard InChI is InChI=1S/C11H16N2/c1-9(2)10-5-6-11(10)12-13-7-3-4-8-13/h3-4,7-10H,5-6H2,1-2H3/b12-11+. The van der Waals surface area contributed by atoms with Crippen LogP contribution in [0.25, 0.3) is 0 Å². The van der Waals surface area contributed by atoms with Crippen LogP contribution in [0.1, 0.15) is 26.7 Å². The Balaban J connectivity index is 2.10. The third kappa shape index (κ3) is 1.67. The van der Waals surface area contributed by atoms with Crippen LogP contribution in [0.15, 0.2) is 29.6 Å². The number of hydrogen-bond acceptors (Lipinski definition) is 1. The molecular formula is C11H16N2. The van der Waals surface area contributed by atoms with Crippen LogP contribution in [0, 0.1) is 11.8 Å². The van der Waals surface area contributed by atoms with Gasteiger partial charge in [-0.25, -0.2) is 4.68 Å². The minimum atomic E-state index is 0.724. The molecule has 1 aromatic rings. The van der Waals surface area contributed by atoms with Gasteiger partial charge < -0.3 is 0 Å². The Morgan fingerprint density at radius 1 is 1.38 bits per heavy atom. The van der Waals surface area contributed by atoms with Gasteiger partial charge in [0.05, 0.1) is 0 Å². The summed E-state index contributed by atoms with van der Waals surface area (Å²) in [4.78, 5) is 0. The van der Waals surface area contributed by atoms with Gasteiger partial charge in [-0.2, -0.15) is 5.10 Å². The van der Waals surface area contributed by atoms with E-state index in [0.717, 1.165) is 11.8 Å². The van der Waals surface area contributed by atoms with E-state index >= 15 is 0 Å². The Labute approximate surface area is 79.3 Å². The van der Waals surface area contributed by atoms with Crippen LogP contribution in [0.3, 0.4) is 0 Å². The summed E-state index contributed by atoms with van der Waals surface area (Å²) in [6.45, 7) is 4.55. The van der Waals surface area contributed by atoms with E-state index < -0.39 is 0 Å². The minimum Gasteiger partial charge on any atom is -0.248 e. The maximum atomic E-state index is 4.56. The van der Waals surface area contributed by atoms with E-state index in [1.807, 2.05) is 29.2 Å². The minimum absolute atomic E-state index is 0.724. The van der Waals surface area contributed by atoms with E-state index in [9.17, 15) is 0 Å². The molecule has 1 unspecified atom stereocenters. The lowest BCUT2D eigenvalue weighted by Gasteiger charge is -2.31. The molecule has 1 aliphatic carbocycles. The van der Waals surface area contributed by atoms with Crippen molar-refractivity contribution in [2.75, 3.05) is 0 Å². The van der Waals surface area contributed by atoms with Gasteiger partial charge in [0.2, 0.25) is 0 Å². The van der Waals surface area contributed by atoms with Crippen molar-refractivity contribution in [3.63, 3.8) is 0 Å². The lowest BCUT2D eigenvalue weighted by molar-refractivity contribution is 0.411. The normalized spacial score (nSPS) is 25.2. The highest BCUT2D eigenvalue weighted by atomic mass is 15.3. The largest absolute Gasteiger partial charge is 0.248 e. The zero-order valence-electron chi connectivity index (χ0n) is 8.27. The summed E-state index contributed by atoms with van der Waals surface area (Å²) in [6.07, 6.45) is 6.48. The van der Waals surface area contributed by atoms with E-state index in [0.29, 0.717) is 0 Å². The molecule has 0 amide bonds. The molecule has 2 heteroatoms. The summed E-state index contributed by atoms with van der Waals surface area (Å²) >= 11 is 0. The van der Waals surface area contributed by atoms with Crippen LogP contribution >= 0.6 is 0 Å². The SMILES string of the molecule is CC(C)C1CC/C1=N\n1cccc1. The van der Waals surface area contributed by atoms with Crippen molar-refractivity contribution in [3.05, 3.63) is 24.5 Å². The highest BCUT2D eigenvalue weighted by Crippen LogP contribution is 2.30. The molecule has 0 bridgehead atoms. The topological polar surface area (TPSA) is 17.3 Å². The van der Waals surface area contributed by atoms with Crippen molar-refractivity contribution in [2.24, 2.45) is 16.9 Å². The summed E-state index contributed by atoms with van der Waals surface area (Å²) in [5, 5.41) is 4.56. The fourth-order valence-electron chi connectivity index (χ4n) is 1.82. The average Bonchev–Trinajstić information content (AvgIpc) is 2.48. The molecule has 0 saturated heterocycles. The number of hydrogen-bond donors (Lipinski definition) is 0. The fourth-order valence-corrected chi connectivity index (χ4v) is 1.82. The predicted molar refractivity (Wildman–Crippen MR) is 54.8 cm³/mol. The van der Waals surface area contributed by atoms with E-state index in [-0.39, 0.29) is 0 Å². The molecule has 13 heavy (non-hydrogen) atoms. The average molecular weight is 176 g/mol. The molecule has 1 saturated carbocycles. The summed E-state index contributed by atoms with van der Waals surface area (Å²) in [5.74, 6) is 1.46. The van der Waals surface area contributed by atoms with Gasteiger partial charge in [0, 0.05) is 24.0 Å². The predicted octanol–water partition coefficient (Wildman–Crippen LogP) is 2.76. The lowest BCUT2D eigenvalue weighted by atomic mass is 9.75. The van der Waals surface area contributed by atoms with Gasteiger partial charge in [-0.15, -0.1) is 0 Å². The van der Waals surface area contributed by atoms with Crippen molar-refractivity contribution in [3.8, 4) is 0 Å². The summed E-state index contributed by atoms with van der Waals surface area (Å²) in [7, 11) is 0. The zero-order valence-corrected chi connectivity index (χ0v) is 8.27. The van der Waals surface area contributed by atoms with Crippen molar-refractivity contribution >= 4 is 5.71 Å². The van der Waals surface area contributed by atoms with E-state index in [2.05, 4.69) is 18.9 Å². The number of nitrogens with zero attached hydrogens (tertiary/aromatic N) is 2. The van der Waals surface area contributed by atoms with Crippen molar-refractivity contribution in [2.45, 2.75) is 26.7 Å². The third-order valence-corrected chi connectivity index (χ3v) is 2.78. The molecule has 1 aliphatic rings. The molecule has 0 aliphatic heterocycles. The highest BCUT2D eigenvalue weighted by molar-refractivity contribution is 5.91. The monoisotopic (exact) mass is 176 g/mol. The molecule has 2 rings (SSSR count). The second kappa shape index (κ2) is 3.36. The molecule has 0 N–H and O–H groups in total. The quantitative estimate of drug-likeness (QED) is 0.659. The molecule has 1 fully saturated rings. The van der Waals surface area contributed by atoms with Crippen LogP contribution in [-0.2, 0) is 0 Å². The van der Waals surface area contributed by atoms with Crippen LogP contribution < -0.4 is 0 Å². The molecule has 0 radical (unpaired) electrons. The Kier molecular flexibility index (Phi) is 2.21. The maximum Gasteiger partial charge on any atom is 0.0422 e. The van der Waals surface area contributed by atoms with E-state index in [1.54, 1.807) is 0 Å². The van der Waals surface area contributed by atoms with Gasteiger partial charge >= 0.3 is 0 Å². The first-order chi connectivity index (χ1) is 6.27. The van der Waals surface area contributed by atoms with Crippen LogP contribution in [0.2, 0.25) is 0 Å². The van der Waals surface area contributed by atoms with Crippen LogP contribution in [-0.4, -0.2) is 10.4 Å².